The summed E-state index contributed by atoms with van der Waals surface area (Å²) >= 11 is 0. The van der Waals surface area contributed by atoms with Crippen LogP contribution in [0, 0.1) is 0 Å². The zero-order chi connectivity index (χ0) is 27.7. The number of carboxylic acid groups (broad SMARTS) is 1. The van der Waals surface area contributed by atoms with Crippen molar-refractivity contribution in [2.75, 3.05) is 23.3 Å². The van der Waals surface area contributed by atoms with Crippen LogP contribution in [0.4, 0.5) is 11.4 Å². The van der Waals surface area contributed by atoms with Crippen molar-refractivity contribution >= 4 is 35.1 Å². The number of anilines is 2. The Kier molecular flexibility index (Phi) is 9.69. The first-order valence-electron chi connectivity index (χ1n) is 12.0. The van der Waals surface area contributed by atoms with Gasteiger partial charge >= 0.3 is 5.97 Å². The lowest BCUT2D eigenvalue weighted by molar-refractivity contribution is -0.135. The van der Waals surface area contributed by atoms with E-state index in [1.54, 1.807) is 60.7 Å². The Hall–Kier alpha value is -4.54. The van der Waals surface area contributed by atoms with Crippen LogP contribution in [0.5, 0.6) is 0 Å². The summed E-state index contributed by atoms with van der Waals surface area (Å²) in [5, 5.41) is 14.5. The van der Waals surface area contributed by atoms with Gasteiger partial charge in [-0.1, -0.05) is 36.4 Å². The highest BCUT2D eigenvalue weighted by atomic mass is 16.4. The van der Waals surface area contributed by atoms with E-state index in [-0.39, 0.29) is 5.91 Å². The first-order valence-corrected chi connectivity index (χ1v) is 12.0. The number of aliphatic carboxylic acids is 1. The van der Waals surface area contributed by atoms with Crippen molar-refractivity contribution < 1.29 is 24.3 Å². The van der Waals surface area contributed by atoms with Crippen molar-refractivity contribution in [3.63, 3.8) is 0 Å². The molecule has 10 nitrogen and oxygen atoms in total. The summed E-state index contributed by atoms with van der Waals surface area (Å²) < 4.78 is 0. The molecule has 0 fully saturated rings. The molecule has 1 aliphatic heterocycles. The summed E-state index contributed by atoms with van der Waals surface area (Å²) in [6.45, 7) is 2.35. The molecule has 3 aromatic carbocycles. The van der Waals surface area contributed by atoms with E-state index in [1.807, 2.05) is 12.1 Å². The van der Waals surface area contributed by atoms with Crippen molar-refractivity contribution in [3.8, 4) is 0 Å². The van der Waals surface area contributed by atoms with Gasteiger partial charge in [0.15, 0.2) is 0 Å². The van der Waals surface area contributed by atoms with Crippen LogP contribution < -0.4 is 27.0 Å². The van der Waals surface area contributed by atoms with Crippen molar-refractivity contribution in [2.24, 2.45) is 11.5 Å². The zero-order valence-electron chi connectivity index (χ0n) is 21.0. The number of benzene rings is 3. The number of nitrogens with two attached hydrogens (primary N) is 2. The van der Waals surface area contributed by atoms with E-state index in [0.717, 1.165) is 24.2 Å². The molecule has 0 aromatic heterocycles. The second-order valence-corrected chi connectivity index (χ2v) is 8.68. The Morgan fingerprint density at radius 1 is 1.00 bits per heavy atom. The predicted octanol–water partition coefficient (Wildman–Crippen LogP) is 2.13. The minimum Gasteiger partial charge on any atom is -0.480 e. The summed E-state index contributed by atoms with van der Waals surface area (Å²) in [6, 6.07) is 20.3. The fraction of sp³-hybridized carbons (Fsp3) is 0.214. The molecule has 0 unspecified atom stereocenters. The molecule has 3 amide bonds. The van der Waals surface area contributed by atoms with E-state index in [4.69, 9.17) is 16.6 Å². The second-order valence-electron chi connectivity index (χ2n) is 8.68. The minimum absolute atomic E-state index is 0.328. The Balaban J connectivity index is 0.000000215. The van der Waals surface area contributed by atoms with E-state index in [0.29, 0.717) is 23.4 Å². The Labute approximate surface area is 220 Å². The van der Waals surface area contributed by atoms with Gasteiger partial charge in [-0.15, -0.1) is 0 Å². The monoisotopic (exact) mass is 517 g/mol. The molecule has 0 saturated heterocycles. The van der Waals surface area contributed by atoms with Crippen LogP contribution in [0.15, 0.2) is 72.8 Å². The van der Waals surface area contributed by atoms with Gasteiger partial charge in [0.2, 0.25) is 5.91 Å². The summed E-state index contributed by atoms with van der Waals surface area (Å²) in [7, 11) is 0. The molecule has 38 heavy (non-hydrogen) atoms. The largest absolute Gasteiger partial charge is 0.480 e. The van der Waals surface area contributed by atoms with Crippen LogP contribution in [0.25, 0.3) is 0 Å². The number of hydrogen-bond acceptors (Lipinski definition) is 7. The van der Waals surface area contributed by atoms with Gasteiger partial charge in [-0.05, 0) is 60.9 Å². The number of nitrogens with zero attached hydrogens (tertiary/aromatic N) is 1. The minimum atomic E-state index is -1.07. The van der Waals surface area contributed by atoms with Crippen LogP contribution in [0.2, 0.25) is 0 Å². The average molecular weight is 518 g/mol. The lowest BCUT2D eigenvalue weighted by Crippen LogP contribution is -2.41. The molecule has 7 N–H and O–H groups in total. The normalized spacial score (nSPS) is 12.2. The van der Waals surface area contributed by atoms with Gasteiger partial charge in [0.1, 0.15) is 6.54 Å². The number of hydrogen-bond donors (Lipinski definition) is 5. The molecule has 0 aliphatic carbocycles. The van der Waals surface area contributed by atoms with Crippen molar-refractivity contribution in [1.29, 1.82) is 0 Å². The van der Waals surface area contributed by atoms with Crippen LogP contribution in [-0.2, 0) is 22.6 Å². The van der Waals surface area contributed by atoms with E-state index < -0.39 is 30.4 Å². The lowest BCUT2D eigenvalue weighted by atomic mass is 10.1. The number of imide groups is 1. The first kappa shape index (κ1) is 28.0. The van der Waals surface area contributed by atoms with Crippen LogP contribution >= 0.6 is 0 Å². The molecule has 1 atom stereocenters. The topological polar surface area (TPSA) is 168 Å². The molecule has 0 spiro atoms. The molecular formula is C28H31N5O5. The van der Waals surface area contributed by atoms with E-state index in [9.17, 15) is 19.2 Å². The number of carbonyl (C=O) groups excluding carboxylic acids is 3. The number of rotatable bonds is 7. The van der Waals surface area contributed by atoms with Gasteiger partial charge in [0.25, 0.3) is 11.8 Å². The highest BCUT2D eigenvalue weighted by Gasteiger charge is 2.20. The lowest BCUT2D eigenvalue weighted by Gasteiger charge is -2.21. The summed E-state index contributed by atoms with van der Waals surface area (Å²) in [5.41, 5.74) is 15.4. The van der Waals surface area contributed by atoms with E-state index in [1.165, 1.54) is 17.4 Å². The molecular weight excluding hydrogens is 486 g/mol. The maximum atomic E-state index is 12.5. The second kappa shape index (κ2) is 13.1. The van der Waals surface area contributed by atoms with Crippen molar-refractivity contribution in [1.82, 2.24) is 5.32 Å². The van der Waals surface area contributed by atoms with Crippen molar-refractivity contribution in [2.45, 2.75) is 25.9 Å². The Bertz CT molecular complexity index is 1310. The van der Waals surface area contributed by atoms with Gasteiger partial charge in [0.05, 0.1) is 6.04 Å². The summed E-state index contributed by atoms with van der Waals surface area (Å²) in [5.74, 6) is -2.31. The third kappa shape index (κ3) is 7.48. The maximum Gasteiger partial charge on any atom is 0.323 e. The molecule has 10 heteroatoms. The van der Waals surface area contributed by atoms with Crippen LogP contribution in [0.1, 0.15) is 38.8 Å². The molecule has 0 radical (unpaired) electrons. The van der Waals surface area contributed by atoms with E-state index >= 15 is 0 Å². The van der Waals surface area contributed by atoms with Gasteiger partial charge in [-0.3, -0.25) is 29.4 Å². The van der Waals surface area contributed by atoms with Crippen LogP contribution in [-0.4, -0.2) is 47.9 Å². The first-order chi connectivity index (χ1) is 18.2. The molecule has 3 aromatic rings. The van der Waals surface area contributed by atoms with Crippen molar-refractivity contribution in [3.05, 3.63) is 95.1 Å². The number of fused-ring (bicyclic) bond motifs is 1. The zero-order valence-corrected chi connectivity index (χ0v) is 21.0. The number of amides is 3. The molecule has 1 heterocycles. The number of nitrogens with one attached hydrogen (secondary N) is 2. The quantitative estimate of drug-likeness (QED) is 0.318. The molecule has 0 saturated carbocycles. The van der Waals surface area contributed by atoms with Gasteiger partial charge < -0.3 is 21.9 Å². The number of carboxylic acids is 1. The third-order valence-corrected chi connectivity index (χ3v) is 5.75. The average Bonchev–Trinajstić information content (AvgIpc) is 3.40. The molecule has 0 bridgehead atoms. The fourth-order valence-electron chi connectivity index (χ4n) is 3.73. The van der Waals surface area contributed by atoms with Gasteiger partial charge in [-0.25, -0.2) is 0 Å². The smallest absolute Gasteiger partial charge is 0.323 e. The fourth-order valence-corrected chi connectivity index (χ4v) is 3.73. The Morgan fingerprint density at radius 3 is 2.39 bits per heavy atom. The van der Waals surface area contributed by atoms with Gasteiger partial charge in [0, 0.05) is 35.6 Å². The third-order valence-electron chi connectivity index (χ3n) is 5.75. The molecule has 1 aliphatic rings. The van der Waals surface area contributed by atoms with Crippen LogP contribution in [0.3, 0.4) is 0 Å². The Morgan fingerprint density at radius 2 is 1.74 bits per heavy atom. The van der Waals surface area contributed by atoms with Gasteiger partial charge in [-0.2, -0.15) is 0 Å². The number of carbonyl (C=O) groups is 4. The highest BCUT2D eigenvalue weighted by Crippen LogP contribution is 2.23. The molecule has 4 rings (SSSR count). The summed E-state index contributed by atoms with van der Waals surface area (Å²) in [6.07, 6.45) is 0.968. The molecule has 198 valence electrons. The maximum absolute atomic E-state index is 12.5. The highest BCUT2D eigenvalue weighted by molar-refractivity contribution is 6.08. The predicted molar refractivity (Wildman–Crippen MR) is 145 cm³/mol. The van der Waals surface area contributed by atoms with E-state index in [2.05, 4.69) is 10.6 Å². The summed E-state index contributed by atoms with van der Waals surface area (Å²) in [4.78, 5) is 47.8. The SMILES string of the molecule is C[C@@H](N)C(=O)NC(=O)c1ccc2c(c1)NCC2.NCc1cccc(N(CC(=O)O)C(=O)c2ccccc2)c1. The standard InChI is InChI=1S/C16H16N2O3.C12H15N3O2/c17-10-12-5-4-8-14(9-12)18(11-15(19)20)16(21)13-6-2-1-3-7-13;1-7(13)11(16)15-12(17)9-3-2-8-4-5-14-10(8)6-9/h1-9H,10-11,17H2,(H,19,20);2-3,6-7,14H,4-5,13H2,1H3,(H,15,16,17)/t;7-/m.1/s1.